The van der Waals surface area contributed by atoms with Crippen LogP contribution in [0, 0.1) is 59.0 Å². The van der Waals surface area contributed by atoms with Gasteiger partial charge in [-0.15, -0.1) is 37.1 Å². The quantitative estimate of drug-likeness (QED) is 0.150. The predicted octanol–water partition coefficient (Wildman–Crippen LogP) is 13.2. The van der Waals surface area contributed by atoms with Crippen LogP contribution in [0.2, 0.25) is 0 Å². The molecule has 0 bridgehead atoms. The van der Waals surface area contributed by atoms with E-state index in [-0.39, 0.29) is 60.3 Å². The molecule has 0 N–H and O–H groups in total. The van der Waals surface area contributed by atoms with Crippen LogP contribution in [0.1, 0.15) is 16.7 Å². The number of para-hydroxylation sites is 6. The number of rotatable bonds is 6. The van der Waals surface area contributed by atoms with E-state index < -0.39 is 0 Å². The summed E-state index contributed by atoms with van der Waals surface area (Å²) in [6, 6.07) is 66.6. The minimum Gasteiger partial charge on any atom is -0.492 e. The fraction of sp³-hybridized carbons (Fsp3) is 0.0536. The number of nitrogens with zero attached hydrogens (tertiary/aromatic N) is 10. The second-order valence-corrected chi connectivity index (χ2v) is 15.6. The summed E-state index contributed by atoms with van der Waals surface area (Å²) in [5.74, 6) is 3.50. The molecule has 0 saturated carbocycles. The van der Waals surface area contributed by atoms with Gasteiger partial charge in [-0.2, -0.15) is 91.0 Å². The molecule has 0 unspecified atom stereocenters. The Morgan fingerprint density at radius 3 is 1.09 bits per heavy atom. The van der Waals surface area contributed by atoms with Crippen molar-refractivity contribution in [3.8, 4) is 0 Å². The molecular formula is C56H44Ir3N10-6. The van der Waals surface area contributed by atoms with Gasteiger partial charge in [0.2, 0.25) is 0 Å². The smallest absolute Gasteiger partial charge is 0.145 e. The van der Waals surface area contributed by atoms with E-state index in [0.717, 1.165) is 68.8 Å². The van der Waals surface area contributed by atoms with Crippen LogP contribution in [0.15, 0.2) is 195 Å². The third kappa shape index (κ3) is 10.6. The third-order valence-corrected chi connectivity index (χ3v) is 11.3. The molecule has 69 heavy (non-hydrogen) atoms. The zero-order valence-corrected chi connectivity index (χ0v) is 44.9. The molecule has 10 nitrogen and oxygen atoms in total. The molecule has 9 aromatic rings. The molecule has 0 atom stereocenters. The summed E-state index contributed by atoms with van der Waals surface area (Å²) < 4.78 is 0. The zero-order chi connectivity index (χ0) is 44.8. The molecule has 3 radical (unpaired) electrons. The molecule has 3 aromatic heterocycles. The molecule has 13 heteroatoms. The molecule has 0 saturated heterocycles. The van der Waals surface area contributed by atoms with Crippen LogP contribution >= 0.6 is 0 Å². The molecule has 12 rings (SSSR count). The van der Waals surface area contributed by atoms with Crippen molar-refractivity contribution in [1.29, 1.82) is 0 Å². The van der Waals surface area contributed by atoms with Crippen molar-refractivity contribution in [3.63, 3.8) is 0 Å². The number of fused-ring (bicyclic) bond motifs is 3. The Hall–Kier alpha value is -6.55. The minimum atomic E-state index is 0. The molecule has 351 valence electrons. The van der Waals surface area contributed by atoms with Gasteiger partial charge < -0.3 is 29.4 Å². The summed E-state index contributed by atoms with van der Waals surface area (Å²) in [6.45, 7) is 12.5. The summed E-state index contributed by atoms with van der Waals surface area (Å²) in [5, 5.41) is 0. The number of hydrogen-bond donors (Lipinski definition) is 0. The van der Waals surface area contributed by atoms with Gasteiger partial charge in [-0.3, -0.25) is 0 Å². The Labute approximate surface area is 445 Å². The number of aromatic nitrogens is 4. The summed E-state index contributed by atoms with van der Waals surface area (Å²) >= 11 is 0. The first-order valence-corrected chi connectivity index (χ1v) is 21.6. The van der Waals surface area contributed by atoms with E-state index in [1.54, 1.807) is 12.4 Å². The standard InChI is InChI=1S/2C19H15N3.C18H14N4.3Ir/c1-15-8-5-6-11-17(15)22-14-21(16-9-3-2-4-10-16)19-18(22)12-7-13-20-19;1-15-8-5-6-11-17(15)22-14-21(16-9-3-2-4-10-16)18-12-7-13-20-19(18)22;1-14-7-5-6-10-16(14)22-13-21(15-8-3-2-4-9-15)17-18(22)20-12-11-19-17;;;/h2*2-9,11-14H,1H3;2-8,10-13H,1H3;;;/q3*-2;;;. The van der Waals surface area contributed by atoms with Crippen LogP contribution in [0.4, 0.5) is 68.8 Å². The van der Waals surface area contributed by atoms with Gasteiger partial charge in [0, 0.05) is 102 Å². The van der Waals surface area contributed by atoms with E-state index in [1.165, 1.54) is 16.7 Å². The van der Waals surface area contributed by atoms with Crippen LogP contribution in [-0.2, 0) is 60.3 Å². The summed E-state index contributed by atoms with van der Waals surface area (Å²) in [4.78, 5) is 30.7. The molecule has 0 amide bonds. The predicted molar refractivity (Wildman–Crippen MR) is 266 cm³/mol. The molecule has 6 aromatic carbocycles. The maximum Gasteiger partial charge on any atom is 0.145 e. The van der Waals surface area contributed by atoms with Crippen LogP contribution in [0.3, 0.4) is 0 Å². The van der Waals surface area contributed by atoms with Gasteiger partial charge in [-0.25, -0.2) is 19.9 Å². The number of pyridine rings is 2. The Bertz CT molecular complexity index is 2750. The average molecular weight is 1430 g/mol. The van der Waals surface area contributed by atoms with Gasteiger partial charge >= 0.3 is 0 Å². The summed E-state index contributed by atoms with van der Waals surface area (Å²) in [5.41, 5.74) is 12.1. The van der Waals surface area contributed by atoms with Crippen molar-refractivity contribution >= 4 is 68.8 Å². The Morgan fingerprint density at radius 2 is 0.623 bits per heavy atom. The molecule has 0 aliphatic carbocycles. The van der Waals surface area contributed by atoms with Crippen molar-refractivity contribution < 1.29 is 60.3 Å². The molecular weight excluding hydrogens is 1390 g/mol. The first-order valence-electron chi connectivity index (χ1n) is 21.6. The minimum absolute atomic E-state index is 0. The van der Waals surface area contributed by atoms with E-state index >= 15 is 0 Å². The summed E-state index contributed by atoms with van der Waals surface area (Å²) in [6.07, 6.45) is 7.08. The monoisotopic (exact) mass is 1440 g/mol. The van der Waals surface area contributed by atoms with Crippen molar-refractivity contribution in [2.24, 2.45) is 0 Å². The van der Waals surface area contributed by atoms with Gasteiger partial charge in [0.25, 0.3) is 0 Å². The molecule has 3 aliphatic heterocycles. The molecule has 0 spiro atoms. The molecule has 3 aliphatic rings. The van der Waals surface area contributed by atoms with E-state index in [4.69, 9.17) is 0 Å². The van der Waals surface area contributed by atoms with Gasteiger partial charge in [-0.05, 0) is 79.9 Å². The second-order valence-electron chi connectivity index (χ2n) is 15.6. The van der Waals surface area contributed by atoms with E-state index in [0.29, 0.717) is 0 Å². The van der Waals surface area contributed by atoms with Crippen LogP contribution < -0.4 is 29.4 Å². The van der Waals surface area contributed by atoms with Crippen LogP contribution in [-0.4, -0.2) is 19.9 Å². The van der Waals surface area contributed by atoms with Gasteiger partial charge in [0.1, 0.15) is 23.3 Å². The number of anilines is 12. The van der Waals surface area contributed by atoms with E-state index in [1.807, 2.05) is 115 Å². The maximum atomic E-state index is 4.57. The first kappa shape index (κ1) is 50.3. The summed E-state index contributed by atoms with van der Waals surface area (Å²) in [7, 11) is 0. The fourth-order valence-corrected chi connectivity index (χ4v) is 8.07. The van der Waals surface area contributed by atoms with Crippen molar-refractivity contribution in [1.82, 2.24) is 19.9 Å². The van der Waals surface area contributed by atoms with Crippen LogP contribution in [0.5, 0.6) is 0 Å². The first-order chi connectivity index (χ1) is 32.5. The average Bonchev–Trinajstić information content (AvgIpc) is 4.08. The maximum absolute atomic E-state index is 4.57. The SMILES string of the molecule is Cc1ccccc1N1[CH-]N(c2[c-]cccc2)c2cccnc21.Cc1ccccc1N1[CH-]N(c2[c-]cccc2)c2ncccc21.Cc1ccccc1N1[CH-]N(c2[c-]cccc2)c2nccnc21.[Ir].[Ir].[Ir]. The Balaban J connectivity index is 0.000000150. The van der Waals surface area contributed by atoms with Crippen molar-refractivity contribution in [3.05, 3.63) is 250 Å². The normalized spacial score (nSPS) is 12.7. The topological polar surface area (TPSA) is 71.0 Å². The molecule has 6 heterocycles. The second kappa shape index (κ2) is 23.2. The molecule has 0 fully saturated rings. The van der Waals surface area contributed by atoms with Crippen LogP contribution in [0.25, 0.3) is 0 Å². The van der Waals surface area contributed by atoms with E-state index in [2.05, 4.69) is 176 Å². The van der Waals surface area contributed by atoms with Crippen molar-refractivity contribution in [2.75, 3.05) is 29.4 Å². The zero-order valence-electron chi connectivity index (χ0n) is 37.7. The number of aryl methyl sites for hydroxylation is 3. The van der Waals surface area contributed by atoms with Gasteiger partial charge in [0.15, 0.2) is 0 Å². The largest absolute Gasteiger partial charge is 0.492 e. The Kier molecular flexibility index (Phi) is 16.9. The Morgan fingerprint density at radius 1 is 0.304 bits per heavy atom. The van der Waals surface area contributed by atoms with Crippen molar-refractivity contribution in [2.45, 2.75) is 20.8 Å². The number of benzene rings is 6. The van der Waals surface area contributed by atoms with E-state index in [9.17, 15) is 0 Å². The third-order valence-electron chi connectivity index (χ3n) is 11.3. The number of hydrogen-bond acceptors (Lipinski definition) is 10. The fourth-order valence-electron chi connectivity index (χ4n) is 8.07. The van der Waals surface area contributed by atoms with Gasteiger partial charge in [0.05, 0.1) is 11.4 Å². The van der Waals surface area contributed by atoms with Gasteiger partial charge in [-0.1, -0.05) is 54.6 Å².